The first kappa shape index (κ1) is 29.5. The lowest BCUT2D eigenvalue weighted by molar-refractivity contribution is -0.384. The van der Waals surface area contributed by atoms with E-state index in [0.29, 0.717) is 0 Å². The molecule has 0 saturated carbocycles. The first-order valence-electron chi connectivity index (χ1n) is 13.2. The predicted molar refractivity (Wildman–Crippen MR) is 155 cm³/mol. The van der Waals surface area contributed by atoms with Gasteiger partial charge in [0.05, 0.1) is 4.92 Å². The van der Waals surface area contributed by atoms with Crippen LogP contribution in [0.25, 0.3) is 0 Å². The molecule has 0 fully saturated rings. The number of amides is 2. The number of rotatable bonds is 12. The molecule has 0 aliphatic carbocycles. The van der Waals surface area contributed by atoms with E-state index in [9.17, 15) is 24.5 Å². The van der Waals surface area contributed by atoms with Gasteiger partial charge in [-0.05, 0) is 28.8 Å². The topological polar surface area (TPSA) is 137 Å². The van der Waals surface area contributed by atoms with Crippen molar-refractivity contribution >= 4 is 23.7 Å². The average molecular weight is 568 g/mol. The Balaban J connectivity index is 1.50. The maximum atomic E-state index is 13.6. The third-order valence-corrected chi connectivity index (χ3v) is 6.25. The van der Waals surface area contributed by atoms with Crippen LogP contribution in [-0.4, -0.2) is 35.0 Å². The molecule has 0 bridgehead atoms. The number of benzene rings is 4. The van der Waals surface area contributed by atoms with Gasteiger partial charge in [-0.2, -0.15) is 0 Å². The molecule has 0 aliphatic rings. The lowest BCUT2D eigenvalue weighted by Crippen LogP contribution is -2.53. The number of esters is 1. The molecule has 0 aromatic heterocycles. The van der Waals surface area contributed by atoms with Gasteiger partial charge in [0.1, 0.15) is 24.4 Å². The molecule has 0 spiro atoms. The van der Waals surface area contributed by atoms with Crippen molar-refractivity contribution in [3.63, 3.8) is 0 Å². The first-order valence-corrected chi connectivity index (χ1v) is 13.2. The van der Waals surface area contributed by atoms with Crippen LogP contribution in [0.1, 0.15) is 16.7 Å². The maximum absolute atomic E-state index is 13.6. The number of non-ortho nitro benzene ring substituents is 1. The Morgan fingerprint density at radius 3 is 1.69 bits per heavy atom. The van der Waals surface area contributed by atoms with E-state index in [1.54, 1.807) is 24.3 Å². The van der Waals surface area contributed by atoms with Crippen LogP contribution in [-0.2, 0) is 33.8 Å². The van der Waals surface area contributed by atoms with Gasteiger partial charge in [-0.25, -0.2) is 9.59 Å². The number of nitrogens with one attached hydrogen (secondary N) is 2. The molecule has 10 heteroatoms. The predicted octanol–water partition coefficient (Wildman–Crippen LogP) is 4.77. The van der Waals surface area contributed by atoms with Crippen LogP contribution in [0.15, 0.2) is 115 Å². The second-order valence-corrected chi connectivity index (χ2v) is 9.37. The molecule has 0 unspecified atom stereocenters. The Morgan fingerprint density at radius 1 is 0.667 bits per heavy atom. The summed E-state index contributed by atoms with van der Waals surface area (Å²) in [4.78, 5) is 49.9. The molecule has 2 atom stereocenters. The Kier molecular flexibility index (Phi) is 10.4. The summed E-state index contributed by atoms with van der Waals surface area (Å²) in [5.41, 5.74) is 2.18. The van der Waals surface area contributed by atoms with Gasteiger partial charge < -0.3 is 20.1 Å². The lowest BCUT2D eigenvalue weighted by Gasteiger charge is -2.23. The summed E-state index contributed by atoms with van der Waals surface area (Å²) >= 11 is 0. The van der Waals surface area contributed by atoms with Gasteiger partial charge >= 0.3 is 12.1 Å². The summed E-state index contributed by atoms with van der Waals surface area (Å²) in [6.45, 7) is 0.0184. The largest absolute Gasteiger partial charge is 0.445 e. The highest BCUT2D eigenvalue weighted by molar-refractivity contribution is 5.90. The molecule has 42 heavy (non-hydrogen) atoms. The van der Waals surface area contributed by atoms with Gasteiger partial charge in [0.15, 0.2) is 0 Å². The monoisotopic (exact) mass is 567 g/mol. The van der Waals surface area contributed by atoms with Gasteiger partial charge in [0.2, 0.25) is 5.91 Å². The van der Waals surface area contributed by atoms with Crippen LogP contribution < -0.4 is 15.4 Å². The first-order chi connectivity index (χ1) is 20.4. The summed E-state index contributed by atoms with van der Waals surface area (Å²) in [5, 5.41) is 16.3. The molecule has 0 aliphatic heterocycles. The van der Waals surface area contributed by atoms with Gasteiger partial charge in [-0.3, -0.25) is 14.9 Å². The van der Waals surface area contributed by atoms with Crippen LogP contribution in [0.5, 0.6) is 5.75 Å². The van der Waals surface area contributed by atoms with E-state index in [0.717, 1.165) is 16.7 Å². The quantitative estimate of drug-likeness (QED) is 0.109. The van der Waals surface area contributed by atoms with Crippen LogP contribution >= 0.6 is 0 Å². The van der Waals surface area contributed by atoms with Gasteiger partial charge in [0, 0.05) is 25.0 Å². The minimum atomic E-state index is -1.13. The Morgan fingerprint density at radius 2 is 1.17 bits per heavy atom. The lowest BCUT2D eigenvalue weighted by atomic mass is 10.0. The van der Waals surface area contributed by atoms with E-state index >= 15 is 0 Å². The fourth-order valence-electron chi connectivity index (χ4n) is 4.10. The highest BCUT2D eigenvalue weighted by Crippen LogP contribution is 2.18. The molecule has 4 rings (SSSR count). The van der Waals surface area contributed by atoms with Gasteiger partial charge in [-0.1, -0.05) is 91.0 Å². The molecule has 214 valence electrons. The second kappa shape index (κ2) is 14.8. The zero-order chi connectivity index (χ0) is 29.7. The number of alkyl carbamates (subject to hydrolysis) is 1. The van der Waals surface area contributed by atoms with Crippen LogP contribution in [0.4, 0.5) is 10.5 Å². The number of nitro groups is 1. The fourth-order valence-corrected chi connectivity index (χ4v) is 4.10. The number of ether oxygens (including phenoxy) is 2. The van der Waals surface area contributed by atoms with E-state index in [4.69, 9.17) is 9.47 Å². The minimum Gasteiger partial charge on any atom is -0.445 e. The second-order valence-electron chi connectivity index (χ2n) is 9.37. The van der Waals surface area contributed by atoms with E-state index in [-0.39, 0.29) is 30.9 Å². The highest BCUT2D eigenvalue weighted by Gasteiger charge is 2.29. The molecule has 0 saturated heterocycles. The summed E-state index contributed by atoms with van der Waals surface area (Å²) in [5.74, 6) is -1.30. The van der Waals surface area contributed by atoms with Crippen LogP contribution in [0.2, 0.25) is 0 Å². The number of hydrogen-bond donors (Lipinski definition) is 2. The molecule has 0 radical (unpaired) electrons. The molecular weight excluding hydrogens is 538 g/mol. The van der Waals surface area contributed by atoms with E-state index < -0.39 is 35.0 Å². The van der Waals surface area contributed by atoms with Crippen LogP contribution in [0, 0.1) is 10.1 Å². The van der Waals surface area contributed by atoms with Crippen molar-refractivity contribution in [2.75, 3.05) is 0 Å². The number of carbonyl (C=O) groups excluding carboxylic acids is 3. The Labute approximate surface area is 242 Å². The van der Waals surface area contributed by atoms with Crippen molar-refractivity contribution in [1.29, 1.82) is 0 Å². The van der Waals surface area contributed by atoms with Crippen molar-refractivity contribution < 1.29 is 28.8 Å². The Hall–Kier alpha value is -5.51. The zero-order valence-electron chi connectivity index (χ0n) is 22.6. The number of carbonyl (C=O) groups is 3. The van der Waals surface area contributed by atoms with Gasteiger partial charge in [0.25, 0.3) is 5.69 Å². The zero-order valence-corrected chi connectivity index (χ0v) is 22.6. The Bertz CT molecular complexity index is 1480. The number of hydrogen-bond acceptors (Lipinski definition) is 7. The molecule has 4 aromatic rings. The smallest absolute Gasteiger partial charge is 0.408 e. The van der Waals surface area contributed by atoms with Crippen molar-refractivity contribution in [1.82, 2.24) is 10.6 Å². The molecule has 10 nitrogen and oxygen atoms in total. The molecule has 0 heterocycles. The summed E-state index contributed by atoms with van der Waals surface area (Å²) in [6, 6.07) is 30.1. The number of nitrogens with zero attached hydrogens (tertiary/aromatic N) is 1. The molecule has 2 N–H and O–H groups in total. The van der Waals surface area contributed by atoms with Crippen molar-refractivity contribution in [3.8, 4) is 5.75 Å². The fraction of sp³-hybridized carbons (Fsp3) is 0.156. The maximum Gasteiger partial charge on any atom is 0.408 e. The summed E-state index contributed by atoms with van der Waals surface area (Å²) in [7, 11) is 0. The SMILES string of the molecule is O=C(N[C@@H](Cc1ccccc1)C(=O)N[C@@H](Cc1ccccc1)C(=O)Oc1ccc([N+](=O)[O-])cc1)OCc1ccccc1. The van der Waals surface area contributed by atoms with Crippen molar-refractivity contribution in [2.45, 2.75) is 31.5 Å². The summed E-state index contributed by atoms with van der Waals surface area (Å²) in [6.07, 6.45) is -0.541. The summed E-state index contributed by atoms with van der Waals surface area (Å²) < 4.78 is 10.8. The van der Waals surface area contributed by atoms with Gasteiger partial charge in [-0.15, -0.1) is 0 Å². The molecule has 2 amide bonds. The van der Waals surface area contributed by atoms with E-state index in [1.807, 2.05) is 66.7 Å². The molecule has 4 aromatic carbocycles. The van der Waals surface area contributed by atoms with Crippen molar-refractivity contribution in [3.05, 3.63) is 142 Å². The average Bonchev–Trinajstić information content (AvgIpc) is 3.01. The normalized spacial score (nSPS) is 11.9. The molecular formula is C32H29N3O7. The van der Waals surface area contributed by atoms with E-state index in [2.05, 4.69) is 10.6 Å². The van der Waals surface area contributed by atoms with Crippen LogP contribution in [0.3, 0.4) is 0 Å². The van der Waals surface area contributed by atoms with Crippen molar-refractivity contribution in [2.24, 2.45) is 0 Å². The third kappa shape index (κ3) is 9.02. The third-order valence-electron chi connectivity index (χ3n) is 6.25. The standard InChI is InChI=1S/C32H29N3O7/c36-30(28(20-23-10-4-1-5-11-23)34-32(38)41-22-25-14-8-3-9-15-25)33-29(21-24-12-6-2-7-13-24)31(37)42-27-18-16-26(17-19-27)35(39)40/h1-19,28-29H,20-22H2,(H,33,36)(H,34,38)/t28-,29-/m0/s1. The number of nitro benzene ring substituents is 1. The highest BCUT2D eigenvalue weighted by atomic mass is 16.6. The van der Waals surface area contributed by atoms with E-state index in [1.165, 1.54) is 24.3 Å². The minimum absolute atomic E-state index is 0.0184.